The maximum atomic E-state index is 10.6. The minimum Gasteiger partial charge on any atom is -0.475 e. The van der Waals surface area contributed by atoms with Crippen LogP contribution in [-0.4, -0.2) is 80.7 Å². The highest BCUT2D eigenvalue weighted by molar-refractivity contribution is 5.73. The fraction of sp³-hybridized carbons (Fsp3) is 0.500. The number of alkyl halides is 6. The van der Waals surface area contributed by atoms with Gasteiger partial charge < -0.3 is 20.3 Å². The van der Waals surface area contributed by atoms with Crippen molar-refractivity contribution >= 4 is 17.8 Å². The maximum absolute atomic E-state index is 10.6. The van der Waals surface area contributed by atoms with E-state index in [4.69, 9.17) is 29.5 Å². The average Bonchev–Trinajstić information content (AvgIpc) is 3.68. The fourth-order valence-corrected chi connectivity index (χ4v) is 2.99. The Morgan fingerprint density at radius 3 is 2.11 bits per heavy atom. The highest BCUT2D eigenvalue weighted by Gasteiger charge is 2.39. The van der Waals surface area contributed by atoms with Crippen LogP contribution in [0.2, 0.25) is 0 Å². The smallest absolute Gasteiger partial charge is 0.475 e. The molecule has 1 atom stereocenters. The molecule has 4 rings (SSSR count). The minimum atomic E-state index is -5.08. The lowest BCUT2D eigenvalue weighted by Crippen LogP contribution is -2.39. The van der Waals surface area contributed by atoms with Crippen LogP contribution in [0.15, 0.2) is 36.8 Å². The molecule has 0 aromatic carbocycles. The summed E-state index contributed by atoms with van der Waals surface area (Å²) in [6, 6.07) is 6.15. The maximum Gasteiger partial charge on any atom is 0.490 e. The Morgan fingerprint density at radius 2 is 1.58 bits per heavy atom. The Labute approximate surface area is 212 Å². The van der Waals surface area contributed by atoms with Gasteiger partial charge in [-0.2, -0.15) is 26.3 Å². The van der Waals surface area contributed by atoms with Crippen LogP contribution in [0.1, 0.15) is 30.3 Å². The van der Waals surface area contributed by atoms with Gasteiger partial charge in [-0.1, -0.05) is 0 Å². The number of anilines is 1. The second kappa shape index (κ2) is 13.9. The number of aromatic nitrogens is 3. The molecule has 210 valence electrons. The van der Waals surface area contributed by atoms with E-state index in [1.54, 1.807) is 0 Å². The Hall–Kier alpha value is -3.53. The number of pyridine rings is 1. The number of morpholine rings is 1. The van der Waals surface area contributed by atoms with Crippen molar-refractivity contribution in [2.24, 2.45) is 5.92 Å². The third-order valence-electron chi connectivity index (χ3n) is 5.10. The van der Waals surface area contributed by atoms with E-state index in [1.807, 2.05) is 24.7 Å². The summed E-state index contributed by atoms with van der Waals surface area (Å²) in [5.41, 5.74) is 1.25. The average molecular weight is 553 g/mol. The van der Waals surface area contributed by atoms with E-state index in [2.05, 4.69) is 32.3 Å². The van der Waals surface area contributed by atoms with Crippen molar-refractivity contribution in [1.29, 1.82) is 0 Å². The van der Waals surface area contributed by atoms with Crippen LogP contribution in [0.25, 0.3) is 0 Å². The number of halogens is 6. The second-order valence-corrected chi connectivity index (χ2v) is 8.15. The molecule has 3 N–H and O–H groups in total. The summed E-state index contributed by atoms with van der Waals surface area (Å²) in [5.74, 6) is -2.93. The number of nitrogens with one attached hydrogen (secondary N) is 1. The van der Waals surface area contributed by atoms with E-state index in [0.717, 1.165) is 43.8 Å². The monoisotopic (exact) mass is 553 g/mol. The number of carboxylic acids is 2. The molecule has 2 fully saturated rings. The molecule has 1 saturated carbocycles. The SMILES string of the molecule is O=C(O)C(F)(F)F.O=C(O)C(F)(F)F.c1cc(CN2CCOCC2c2nccc(NCC3CC3)n2)ccn1. The Bertz CT molecular complexity index is 1010. The normalized spacial score (nSPS) is 17.8. The molecule has 0 amide bonds. The molecule has 10 nitrogen and oxygen atoms in total. The fourth-order valence-electron chi connectivity index (χ4n) is 2.99. The molecule has 2 aromatic heterocycles. The topological polar surface area (TPSA) is 138 Å². The number of nitrogens with zero attached hydrogens (tertiary/aromatic N) is 4. The van der Waals surface area contributed by atoms with Crippen LogP contribution < -0.4 is 5.32 Å². The summed E-state index contributed by atoms with van der Waals surface area (Å²) < 4.78 is 69.2. The van der Waals surface area contributed by atoms with Crippen molar-refractivity contribution < 1.29 is 50.9 Å². The van der Waals surface area contributed by atoms with Gasteiger partial charge in [0.25, 0.3) is 0 Å². The van der Waals surface area contributed by atoms with Crippen molar-refractivity contribution in [1.82, 2.24) is 19.9 Å². The molecule has 2 aromatic rings. The number of ether oxygens (including phenoxy) is 1. The number of hydrogen-bond acceptors (Lipinski definition) is 8. The van der Waals surface area contributed by atoms with Gasteiger partial charge in [-0.15, -0.1) is 0 Å². The Kier molecular flexibility index (Phi) is 11.2. The summed E-state index contributed by atoms with van der Waals surface area (Å²) in [7, 11) is 0. The molecule has 1 aliphatic heterocycles. The minimum absolute atomic E-state index is 0.0922. The first-order valence-corrected chi connectivity index (χ1v) is 11.1. The number of rotatable bonds is 6. The van der Waals surface area contributed by atoms with Gasteiger partial charge in [0.15, 0.2) is 0 Å². The molecule has 1 saturated heterocycles. The molecular formula is C22H25F6N5O5. The molecule has 0 bridgehead atoms. The predicted octanol–water partition coefficient (Wildman–Crippen LogP) is 3.53. The predicted molar refractivity (Wildman–Crippen MR) is 119 cm³/mol. The molecule has 16 heteroatoms. The van der Waals surface area contributed by atoms with Gasteiger partial charge in [0.1, 0.15) is 11.6 Å². The first-order chi connectivity index (χ1) is 17.8. The standard InChI is InChI=1S/C18H23N5O.2C2HF3O2/c1-2-14(1)11-21-17-5-8-20-18(22-17)16-13-24-10-9-23(16)12-15-3-6-19-7-4-15;2*3-2(4,5)1(6)7/h3-8,14,16H,1-2,9-13H2,(H,20,21,22);2*(H,6,7). The summed E-state index contributed by atoms with van der Waals surface area (Å²) in [5, 5.41) is 17.7. The van der Waals surface area contributed by atoms with Gasteiger partial charge in [-0.05, 0) is 42.5 Å². The van der Waals surface area contributed by atoms with E-state index in [0.29, 0.717) is 6.61 Å². The van der Waals surface area contributed by atoms with Crippen molar-refractivity contribution in [3.05, 3.63) is 48.2 Å². The van der Waals surface area contributed by atoms with Crippen LogP contribution >= 0.6 is 0 Å². The van der Waals surface area contributed by atoms with E-state index in [1.165, 1.54) is 18.4 Å². The third-order valence-corrected chi connectivity index (χ3v) is 5.10. The lowest BCUT2D eigenvalue weighted by molar-refractivity contribution is -0.193. The Morgan fingerprint density at radius 1 is 1.00 bits per heavy atom. The highest BCUT2D eigenvalue weighted by Crippen LogP contribution is 2.29. The van der Waals surface area contributed by atoms with E-state index >= 15 is 0 Å². The number of carbonyl (C=O) groups is 2. The first kappa shape index (κ1) is 30.7. The lowest BCUT2D eigenvalue weighted by atomic mass is 10.1. The quantitative estimate of drug-likeness (QED) is 0.456. The third kappa shape index (κ3) is 11.2. The number of carboxylic acid groups (broad SMARTS) is 2. The molecule has 0 spiro atoms. The zero-order valence-corrected chi connectivity index (χ0v) is 19.7. The van der Waals surface area contributed by atoms with Gasteiger partial charge in [0, 0.05) is 38.2 Å². The Balaban J connectivity index is 0.000000301. The van der Waals surface area contributed by atoms with E-state index < -0.39 is 24.3 Å². The molecular weight excluding hydrogens is 528 g/mol. The van der Waals surface area contributed by atoms with Gasteiger partial charge in [0.05, 0.1) is 19.3 Å². The molecule has 38 heavy (non-hydrogen) atoms. The highest BCUT2D eigenvalue weighted by atomic mass is 19.4. The van der Waals surface area contributed by atoms with Crippen molar-refractivity contribution in [3.8, 4) is 0 Å². The van der Waals surface area contributed by atoms with Gasteiger partial charge >= 0.3 is 24.3 Å². The van der Waals surface area contributed by atoms with Crippen molar-refractivity contribution in [3.63, 3.8) is 0 Å². The summed E-state index contributed by atoms with van der Waals surface area (Å²) in [6.45, 7) is 4.15. The molecule has 3 heterocycles. The van der Waals surface area contributed by atoms with Crippen LogP contribution in [0.4, 0.5) is 32.2 Å². The zero-order chi connectivity index (χ0) is 28.3. The number of aliphatic carboxylic acids is 2. The van der Waals surface area contributed by atoms with Crippen LogP contribution in [0.3, 0.4) is 0 Å². The van der Waals surface area contributed by atoms with E-state index in [9.17, 15) is 26.3 Å². The first-order valence-electron chi connectivity index (χ1n) is 11.1. The van der Waals surface area contributed by atoms with Gasteiger partial charge in [-0.25, -0.2) is 19.6 Å². The largest absolute Gasteiger partial charge is 0.490 e. The molecule has 1 unspecified atom stereocenters. The molecule has 2 aliphatic rings. The lowest BCUT2D eigenvalue weighted by Gasteiger charge is -2.34. The van der Waals surface area contributed by atoms with Gasteiger partial charge in [0.2, 0.25) is 0 Å². The second-order valence-electron chi connectivity index (χ2n) is 8.15. The van der Waals surface area contributed by atoms with Crippen LogP contribution in [-0.2, 0) is 20.9 Å². The molecule has 1 aliphatic carbocycles. The van der Waals surface area contributed by atoms with Gasteiger partial charge in [-0.3, -0.25) is 9.88 Å². The van der Waals surface area contributed by atoms with Crippen LogP contribution in [0.5, 0.6) is 0 Å². The van der Waals surface area contributed by atoms with Crippen LogP contribution in [0, 0.1) is 5.92 Å². The summed E-state index contributed by atoms with van der Waals surface area (Å²) in [4.78, 5) is 33.5. The van der Waals surface area contributed by atoms with Crippen molar-refractivity contribution in [2.75, 3.05) is 31.6 Å². The molecule has 0 radical (unpaired) electrons. The summed E-state index contributed by atoms with van der Waals surface area (Å²) in [6.07, 6.45) is -1.98. The summed E-state index contributed by atoms with van der Waals surface area (Å²) >= 11 is 0. The van der Waals surface area contributed by atoms with Crippen molar-refractivity contribution in [2.45, 2.75) is 37.8 Å². The zero-order valence-electron chi connectivity index (χ0n) is 19.7. The van der Waals surface area contributed by atoms with E-state index in [-0.39, 0.29) is 6.04 Å². The number of hydrogen-bond donors (Lipinski definition) is 3.